The number of nitrogens with zero attached hydrogens (tertiary/aromatic N) is 1. The van der Waals surface area contributed by atoms with Crippen molar-refractivity contribution in [1.29, 1.82) is 0 Å². The van der Waals surface area contributed by atoms with Crippen LogP contribution in [0.2, 0.25) is 0 Å². The van der Waals surface area contributed by atoms with Crippen molar-refractivity contribution in [2.45, 2.75) is 96.4 Å². The van der Waals surface area contributed by atoms with Gasteiger partial charge in [-0.1, -0.05) is 82.9 Å². The van der Waals surface area contributed by atoms with Gasteiger partial charge in [-0.05, 0) is 37.8 Å². The predicted octanol–water partition coefficient (Wildman–Crippen LogP) is 6.40. The first kappa shape index (κ1) is 21.8. The van der Waals surface area contributed by atoms with E-state index in [2.05, 4.69) is 29.3 Å². The van der Waals surface area contributed by atoms with Gasteiger partial charge in [0.15, 0.2) is 0 Å². The highest BCUT2D eigenvalue weighted by Crippen LogP contribution is 2.18. The quantitative estimate of drug-likeness (QED) is 0.406. The van der Waals surface area contributed by atoms with E-state index in [1.54, 1.807) is 0 Å². The molecule has 3 nitrogen and oxygen atoms in total. The van der Waals surface area contributed by atoms with Crippen molar-refractivity contribution in [2.75, 3.05) is 18.4 Å². The topological polar surface area (TPSA) is 32.3 Å². The number of amides is 1. The van der Waals surface area contributed by atoms with Gasteiger partial charge in [0.25, 0.3) is 0 Å². The number of rotatable bonds is 13. The van der Waals surface area contributed by atoms with E-state index < -0.39 is 0 Å². The van der Waals surface area contributed by atoms with Crippen molar-refractivity contribution in [1.82, 2.24) is 4.90 Å². The third-order valence-electron chi connectivity index (χ3n) is 5.68. The number of carbonyl (C=O) groups is 1. The molecule has 1 N–H and O–H groups in total. The molecule has 1 aromatic rings. The number of para-hydroxylation sites is 1. The molecule has 1 aliphatic heterocycles. The molecule has 1 aromatic carbocycles. The van der Waals surface area contributed by atoms with Gasteiger partial charge >= 0.3 is 0 Å². The first-order chi connectivity index (χ1) is 13.3. The Kier molecular flexibility index (Phi) is 11.0. The molecule has 1 heterocycles. The van der Waals surface area contributed by atoms with Crippen LogP contribution in [-0.4, -0.2) is 29.9 Å². The molecular weight excluding hydrogens is 332 g/mol. The zero-order valence-corrected chi connectivity index (χ0v) is 17.4. The molecule has 0 saturated carbocycles. The molecule has 0 aromatic heterocycles. The van der Waals surface area contributed by atoms with E-state index in [1.165, 1.54) is 57.8 Å². The summed E-state index contributed by atoms with van der Waals surface area (Å²) in [5.74, 6) is 0.304. The molecule has 1 aliphatic rings. The molecule has 3 heteroatoms. The van der Waals surface area contributed by atoms with Gasteiger partial charge in [-0.25, -0.2) is 0 Å². The van der Waals surface area contributed by atoms with Crippen molar-refractivity contribution in [3.8, 4) is 0 Å². The highest BCUT2D eigenvalue weighted by atomic mass is 16.2. The van der Waals surface area contributed by atoms with Crippen LogP contribution >= 0.6 is 0 Å². The van der Waals surface area contributed by atoms with Crippen LogP contribution in [0.4, 0.5) is 5.69 Å². The fraction of sp³-hybridized carbons (Fsp3) is 0.708. The van der Waals surface area contributed by atoms with Gasteiger partial charge < -0.3 is 10.2 Å². The van der Waals surface area contributed by atoms with E-state index in [1.807, 2.05) is 18.2 Å². The molecule has 2 rings (SSSR count). The number of anilines is 1. The normalized spacial score (nSPS) is 15.5. The van der Waals surface area contributed by atoms with Crippen LogP contribution in [0.15, 0.2) is 30.3 Å². The molecular formula is C24H40N2O. The highest BCUT2D eigenvalue weighted by Gasteiger charge is 2.25. The second kappa shape index (κ2) is 13.6. The lowest BCUT2D eigenvalue weighted by molar-refractivity contribution is -0.133. The predicted molar refractivity (Wildman–Crippen MR) is 116 cm³/mol. The van der Waals surface area contributed by atoms with E-state index >= 15 is 0 Å². The van der Waals surface area contributed by atoms with Crippen molar-refractivity contribution >= 4 is 11.6 Å². The van der Waals surface area contributed by atoms with Crippen LogP contribution < -0.4 is 5.32 Å². The largest absolute Gasteiger partial charge is 0.374 e. The maximum absolute atomic E-state index is 13.0. The lowest BCUT2D eigenvalue weighted by Crippen LogP contribution is -2.45. The van der Waals surface area contributed by atoms with Crippen molar-refractivity contribution < 1.29 is 4.79 Å². The molecule has 1 saturated heterocycles. The molecule has 0 bridgehead atoms. The summed E-state index contributed by atoms with van der Waals surface area (Å²) in [6, 6.07) is 10.1. The number of likely N-dealkylation sites (tertiary alicyclic amines) is 1. The molecule has 0 spiro atoms. The molecule has 0 unspecified atom stereocenters. The molecule has 1 amide bonds. The zero-order chi connectivity index (χ0) is 19.2. The summed E-state index contributed by atoms with van der Waals surface area (Å²) in [6.07, 6.45) is 16.4. The van der Waals surface area contributed by atoms with E-state index in [-0.39, 0.29) is 6.04 Å². The number of piperidine rings is 1. The number of nitrogens with one attached hydrogen (secondary N) is 1. The van der Waals surface area contributed by atoms with Crippen LogP contribution in [0.3, 0.4) is 0 Å². The van der Waals surface area contributed by atoms with E-state index in [0.29, 0.717) is 5.91 Å². The number of unbranched alkanes of at least 4 members (excludes halogenated alkanes) is 8. The third-order valence-corrected chi connectivity index (χ3v) is 5.68. The van der Waals surface area contributed by atoms with Crippen molar-refractivity contribution in [3.05, 3.63) is 30.3 Å². The standard InChI is InChI=1S/C24H40N2O/c1-2-3-4-5-6-7-8-9-14-19-23(25-22-17-12-10-13-18-22)24(27)26-20-15-11-16-21-26/h10,12-13,17-18,23,25H,2-9,11,14-16,19-21H2,1H3/t23-/m1/s1. The summed E-state index contributed by atoms with van der Waals surface area (Å²) in [7, 11) is 0. The Hall–Kier alpha value is -1.51. The Balaban J connectivity index is 1.73. The Morgan fingerprint density at radius 3 is 2.11 bits per heavy atom. The number of benzene rings is 1. The Bertz CT molecular complexity index is 496. The lowest BCUT2D eigenvalue weighted by Gasteiger charge is -2.31. The number of hydrogen-bond acceptors (Lipinski definition) is 2. The zero-order valence-electron chi connectivity index (χ0n) is 17.4. The summed E-state index contributed by atoms with van der Waals surface area (Å²) in [4.78, 5) is 15.1. The maximum atomic E-state index is 13.0. The minimum Gasteiger partial charge on any atom is -0.374 e. The van der Waals surface area contributed by atoms with Gasteiger partial charge in [-0.15, -0.1) is 0 Å². The van der Waals surface area contributed by atoms with E-state index in [0.717, 1.165) is 44.5 Å². The Morgan fingerprint density at radius 1 is 0.889 bits per heavy atom. The van der Waals surface area contributed by atoms with E-state index in [4.69, 9.17) is 0 Å². The lowest BCUT2D eigenvalue weighted by atomic mass is 10.0. The second-order valence-corrected chi connectivity index (χ2v) is 8.07. The van der Waals surface area contributed by atoms with Crippen LogP contribution in [0.25, 0.3) is 0 Å². The Morgan fingerprint density at radius 2 is 1.48 bits per heavy atom. The van der Waals surface area contributed by atoms with Crippen molar-refractivity contribution in [2.24, 2.45) is 0 Å². The minimum absolute atomic E-state index is 0.0740. The third kappa shape index (κ3) is 8.81. The molecule has 0 radical (unpaired) electrons. The smallest absolute Gasteiger partial charge is 0.245 e. The first-order valence-corrected chi connectivity index (χ1v) is 11.4. The maximum Gasteiger partial charge on any atom is 0.245 e. The molecule has 0 aliphatic carbocycles. The molecule has 1 fully saturated rings. The fourth-order valence-electron chi connectivity index (χ4n) is 3.99. The SMILES string of the molecule is CCCCCCCCCCC[C@@H](Nc1ccccc1)C(=O)N1CCCCC1. The Labute approximate surface area is 166 Å². The first-order valence-electron chi connectivity index (χ1n) is 11.4. The summed E-state index contributed by atoms with van der Waals surface area (Å²) in [5.41, 5.74) is 1.06. The summed E-state index contributed by atoms with van der Waals surface area (Å²) < 4.78 is 0. The molecule has 152 valence electrons. The number of hydrogen-bond donors (Lipinski definition) is 1. The average molecular weight is 373 g/mol. The van der Waals surface area contributed by atoms with Gasteiger partial charge in [0, 0.05) is 18.8 Å². The fourth-order valence-corrected chi connectivity index (χ4v) is 3.99. The molecule has 1 atom stereocenters. The van der Waals surface area contributed by atoms with Gasteiger partial charge in [-0.2, -0.15) is 0 Å². The monoisotopic (exact) mass is 372 g/mol. The minimum atomic E-state index is -0.0740. The van der Waals surface area contributed by atoms with Crippen molar-refractivity contribution in [3.63, 3.8) is 0 Å². The summed E-state index contributed by atoms with van der Waals surface area (Å²) >= 11 is 0. The average Bonchev–Trinajstić information content (AvgIpc) is 2.72. The van der Waals surface area contributed by atoms with Gasteiger partial charge in [-0.3, -0.25) is 4.79 Å². The van der Waals surface area contributed by atoms with Gasteiger partial charge in [0.05, 0.1) is 0 Å². The second-order valence-electron chi connectivity index (χ2n) is 8.07. The van der Waals surface area contributed by atoms with Crippen LogP contribution in [-0.2, 0) is 4.79 Å². The van der Waals surface area contributed by atoms with Crippen LogP contribution in [0, 0.1) is 0 Å². The van der Waals surface area contributed by atoms with Gasteiger partial charge in [0.1, 0.15) is 6.04 Å². The van der Waals surface area contributed by atoms with E-state index in [9.17, 15) is 4.79 Å². The number of carbonyl (C=O) groups excluding carboxylic acids is 1. The highest BCUT2D eigenvalue weighted by molar-refractivity contribution is 5.84. The van der Waals surface area contributed by atoms with Crippen LogP contribution in [0.5, 0.6) is 0 Å². The van der Waals surface area contributed by atoms with Crippen LogP contribution in [0.1, 0.15) is 90.4 Å². The summed E-state index contributed by atoms with van der Waals surface area (Å²) in [6.45, 7) is 4.14. The van der Waals surface area contributed by atoms with Gasteiger partial charge in [0.2, 0.25) is 5.91 Å². The summed E-state index contributed by atoms with van der Waals surface area (Å²) in [5, 5.41) is 3.51. The molecule has 27 heavy (non-hydrogen) atoms.